The number of carbonyl (C=O) groups excluding carboxylic acids is 1. The highest BCUT2D eigenvalue weighted by Crippen LogP contribution is 2.25. The molecule has 2 N–H and O–H groups in total. The first-order valence-corrected chi connectivity index (χ1v) is 7.83. The molecule has 0 atom stereocenters. The van der Waals surface area contributed by atoms with Crippen molar-refractivity contribution in [2.45, 2.75) is 11.1 Å². The Morgan fingerprint density at radius 3 is 2.39 bits per heavy atom. The van der Waals surface area contributed by atoms with Crippen LogP contribution in [0.25, 0.3) is 0 Å². The molecule has 2 heterocycles. The molecule has 1 saturated heterocycles. The van der Waals surface area contributed by atoms with E-state index in [1.54, 1.807) is 10.3 Å². The predicted octanol–water partition coefficient (Wildman–Crippen LogP) is 0.183. The molecule has 0 spiro atoms. The molecule has 0 aromatic carbocycles. The first kappa shape index (κ1) is 13.3. The summed E-state index contributed by atoms with van der Waals surface area (Å²) in [5.74, 6) is -0.0209. The van der Waals surface area contributed by atoms with Crippen LogP contribution < -0.4 is 5.73 Å². The fourth-order valence-corrected chi connectivity index (χ4v) is 4.49. The van der Waals surface area contributed by atoms with Gasteiger partial charge >= 0.3 is 0 Å². The van der Waals surface area contributed by atoms with Gasteiger partial charge in [-0.05, 0) is 6.07 Å². The molecule has 1 aromatic rings. The van der Waals surface area contributed by atoms with Crippen LogP contribution in [0.5, 0.6) is 0 Å². The Morgan fingerprint density at radius 1 is 1.33 bits per heavy atom. The summed E-state index contributed by atoms with van der Waals surface area (Å²) >= 11 is 1.12. The third-order valence-electron chi connectivity index (χ3n) is 2.87. The highest BCUT2D eigenvalue weighted by atomic mass is 32.2. The zero-order valence-electron chi connectivity index (χ0n) is 10.00. The van der Waals surface area contributed by atoms with Gasteiger partial charge in [0.25, 0.3) is 10.0 Å². The first-order valence-electron chi connectivity index (χ1n) is 5.51. The zero-order chi connectivity index (χ0) is 13.3. The number of amides is 1. The van der Waals surface area contributed by atoms with Gasteiger partial charge in [0.2, 0.25) is 5.91 Å². The van der Waals surface area contributed by atoms with Crippen molar-refractivity contribution in [3.63, 3.8) is 0 Å². The topological polar surface area (TPSA) is 83.7 Å². The molecule has 1 amide bonds. The van der Waals surface area contributed by atoms with Crippen molar-refractivity contribution in [2.75, 3.05) is 31.9 Å². The number of rotatable bonds is 2. The minimum absolute atomic E-state index is 0.0209. The monoisotopic (exact) mass is 289 g/mol. The smallest absolute Gasteiger partial charge is 0.252 e. The first-order chi connectivity index (χ1) is 8.41. The van der Waals surface area contributed by atoms with Crippen LogP contribution in [0, 0.1) is 0 Å². The number of nitrogens with zero attached hydrogens (tertiary/aromatic N) is 2. The third-order valence-corrected chi connectivity index (χ3v) is 6.21. The minimum atomic E-state index is -3.46. The molecule has 0 radical (unpaired) electrons. The third kappa shape index (κ3) is 2.50. The highest BCUT2D eigenvalue weighted by molar-refractivity contribution is 7.91. The lowest BCUT2D eigenvalue weighted by Crippen LogP contribution is -2.49. The van der Waals surface area contributed by atoms with Gasteiger partial charge in [0.1, 0.15) is 4.21 Å². The number of nitrogens with two attached hydrogens (primary N) is 1. The maximum absolute atomic E-state index is 12.3. The van der Waals surface area contributed by atoms with Crippen LogP contribution in [0.3, 0.4) is 0 Å². The van der Waals surface area contributed by atoms with Crippen LogP contribution in [-0.2, 0) is 14.8 Å². The number of nitrogen functional groups attached to an aromatic ring is 1. The summed E-state index contributed by atoms with van der Waals surface area (Å²) < 4.78 is 26.2. The number of anilines is 1. The molecule has 2 rings (SSSR count). The predicted molar refractivity (Wildman–Crippen MR) is 69.7 cm³/mol. The average molecular weight is 289 g/mol. The molecule has 1 aliphatic rings. The molecule has 0 unspecified atom stereocenters. The van der Waals surface area contributed by atoms with Crippen LogP contribution in [-0.4, -0.2) is 49.7 Å². The van der Waals surface area contributed by atoms with Crippen LogP contribution in [0.4, 0.5) is 5.69 Å². The molecule has 0 saturated carbocycles. The van der Waals surface area contributed by atoms with Crippen molar-refractivity contribution >= 4 is 33.0 Å². The van der Waals surface area contributed by atoms with E-state index in [2.05, 4.69) is 0 Å². The molecule has 1 aliphatic heterocycles. The Morgan fingerprint density at radius 2 is 1.94 bits per heavy atom. The van der Waals surface area contributed by atoms with E-state index in [1.165, 1.54) is 17.3 Å². The van der Waals surface area contributed by atoms with Crippen LogP contribution in [0.15, 0.2) is 15.7 Å². The maximum atomic E-state index is 12.3. The summed E-state index contributed by atoms with van der Waals surface area (Å²) in [6.45, 7) is 3.04. The Hall–Kier alpha value is -1.12. The lowest BCUT2D eigenvalue weighted by Gasteiger charge is -2.33. The Kier molecular flexibility index (Phi) is 3.60. The van der Waals surface area contributed by atoms with Crippen molar-refractivity contribution in [3.8, 4) is 0 Å². The van der Waals surface area contributed by atoms with E-state index < -0.39 is 10.0 Å². The van der Waals surface area contributed by atoms with Gasteiger partial charge < -0.3 is 10.6 Å². The van der Waals surface area contributed by atoms with Gasteiger partial charge in [-0.3, -0.25) is 4.79 Å². The Labute approximate surface area is 110 Å². The zero-order valence-corrected chi connectivity index (χ0v) is 11.6. The summed E-state index contributed by atoms with van der Waals surface area (Å²) in [6, 6.07) is 1.47. The molecule has 8 heteroatoms. The number of thiophene rings is 1. The summed E-state index contributed by atoms with van der Waals surface area (Å²) in [5, 5.41) is 1.61. The Bertz CT molecular complexity index is 544. The molecule has 1 fully saturated rings. The minimum Gasteiger partial charge on any atom is -0.398 e. The van der Waals surface area contributed by atoms with Crippen molar-refractivity contribution in [2.24, 2.45) is 0 Å². The van der Waals surface area contributed by atoms with Gasteiger partial charge in [-0.1, -0.05) is 0 Å². The molecule has 0 bridgehead atoms. The molecule has 1 aromatic heterocycles. The van der Waals surface area contributed by atoms with E-state index in [0.717, 1.165) is 11.3 Å². The molecular weight excluding hydrogens is 274 g/mol. The second kappa shape index (κ2) is 4.87. The summed E-state index contributed by atoms with van der Waals surface area (Å²) in [5.41, 5.74) is 6.00. The van der Waals surface area contributed by atoms with Crippen molar-refractivity contribution in [1.82, 2.24) is 9.21 Å². The molecular formula is C10H15N3O3S2. The van der Waals surface area contributed by atoms with Gasteiger partial charge in [0, 0.05) is 44.2 Å². The van der Waals surface area contributed by atoms with E-state index in [0.29, 0.717) is 31.9 Å². The number of sulfonamides is 1. The summed E-state index contributed by atoms with van der Waals surface area (Å²) in [4.78, 5) is 12.8. The number of hydrogen-bond acceptors (Lipinski definition) is 5. The fraction of sp³-hybridized carbons (Fsp3) is 0.500. The normalized spacial score (nSPS) is 17.9. The molecule has 18 heavy (non-hydrogen) atoms. The Balaban J connectivity index is 2.12. The van der Waals surface area contributed by atoms with Gasteiger partial charge in [-0.25, -0.2) is 8.42 Å². The van der Waals surface area contributed by atoms with Gasteiger partial charge in [0.15, 0.2) is 0 Å². The lowest BCUT2D eigenvalue weighted by atomic mass is 10.3. The summed E-state index contributed by atoms with van der Waals surface area (Å²) in [6.07, 6.45) is 0. The molecule has 6 nitrogen and oxygen atoms in total. The van der Waals surface area contributed by atoms with E-state index in [9.17, 15) is 13.2 Å². The summed E-state index contributed by atoms with van der Waals surface area (Å²) in [7, 11) is -3.46. The van der Waals surface area contributed by atoms with Crippen molar-refractivity contribution in [3.05, 3.63) is 11.4 Å². The molecule has 100 valence electrons. The highest BCUT2D eigenvalue weighted by Gasteiger charge is 2.30. The van der Waals surface area contributed by atoms with Gasteiger partial charge in [-0.2, -0.15) is 4.31 Å². The second-order valence-electron chi connectivity index (χ2n) is 4.11. The van der Waals surface area contributed by atoms with Gasteiger partial charge in [-0.15, -0.1) is 11.3 Å². The van der Waals surface area contributed by atoms with E-state index in [1.807, 2.05) is 0 Å². The van der Waals surface area contributed by atoms with E-state index in [-0.39, 0.29) is 10.1 Å². The van der Waals surface area contributed by atoms with Crippen LogP contribution in [0.1, 0.15) is 6.92 Å². The van der Waals surface area contributed by atoms with Crippen molar-refractivity contribution < 1.29 is 13.2 Å². The van der Waals surface area contributed by atoms with Crippen molar-refractivity contribution in [1.29, 1.82) is 0 Å². The van der Waals surface area contributed by atoms with E-state index >= 15 is 0 Å². The maximum Gasteiger partial charge on any atom is 0.252 e. The number of carbonyl (C=O) groups is 1. The van der Waals surface area contributed by atoms with Crippen LogP contribution in [0.2, 0.25) is 0 Å². The van der Waals surface area contributed by atoms with Gasteiger partial charge in [0.05, 0.1) is 0 Å². The fourth-order valence-electron chi connectivity index (χ4n) is 1.84. The molecule has 0 aliphatic carbocycles. The number of hydrogen-bond donors (Lipinski definition) is 1. The van der Waals surface area contributed by atoms with Crippen LogP contribution >= 0.6 is 11.3 Å². The average Bonchev–Trinajstić information content (AvgIpc) is 2.76. The number of piperazine rings is 1. The second-order valence-corrected chi connectivity index (χ2v) is 7.19. The standard InChI is InChI=1S/C10H15N3O3S2/c1-8(14)12-2-4-13(5-3-12)18(15,16)10-6-9(11)7-17-10/h6-7H,2-5,11H2,1H3. The quantitative estimate of drug-likeness (QED) is 0.842. The lowest BCUT2D eigenvalue weighted by molar-refractivity contribution is -0.129. The largest absolute Gasteiger partial charge is 0.398 e. The van der Waals surface area contributed by atoms with E-state index in [4.69, 9.17) is 5.73 Å². The SMILES string of the molecule is CC(=O)N1CCN(S(=O)(=O)c2cc(N)cs2)CC1.